The van der Waals surface area contributed by atoms with Crippen LogP contribution in [0, 0.1) is 0 Å². The zero-order chi connectivity index (χ0) is 14.3. The van der Waals surface area contributed by atoms with Gasteiger partial charge in [-0.3, -0.25) is 9.59 Å². The average Bonchev–Trinajstić information content (AvgIpc) is 2.75. The number of methoxy groups -OCH3 is 1. The first-order valence-electron chi connectivity index (χ1n) is 5.67. The third-order valence-corrected chi connectivity index (χ3v) is 2.29. The Hall–Kier alpha value is -2.16. The summed E-state index contributed by atoms with van der Waals surface area (Å²) in [4.78, 5) is 28.3. The molecule has 0 aliphatic rings. The van der Waals surface area contributed by atoms with E-state index in [2.05, 4.69) is 15.4 Å². The van der Waals surface area contributed by atoms with Gasteiger partial charge in [-0.05, 0) is 0 Å². The van der Waals surface area contributed by atoms with Crippen LogP contribution in [-0.2, 0) is 20.9 Å². The van der Waals surface area contributed by atoms with E-state index in [4.69, 9.17) is 10.5 Å². The number of hydrogen-bond donors (Lipinski definition) is 2. The number of nitrogens with two attached hydrogens (primary N) is 1. The van der Waals surface area contributed by atoms with Crippen molar-refractivity contribution >= 4 is 17.8 Å². The molecule has 1 rings (SSSR count). The van der Waals surface area contributed by atoms with Gasteiger partial charge in [-0.25, -0.2) is 9.67 Å². The summed E-state index contributed by atoms with van der Waals surface area (Å²) >= 11 is 0. The zero-order valence-electron chi connectivity index (χ0n) is 11.0. The standard InChI is InChI=1S/C10H18N6O3/c1-15(5-8(17)12-3-4-19-2)9(18)6-16-7-13-10(11)14-16/h7H,3-6H2,1-2H3,(H2,11,14)(H,12,17). The predicted octanol–water partition coefficient (Wildman–Crippen LogP) is -1.92. The molecule has 0 aromatic carbocycles. The van der Waals surface area contributed by atoms with Gasteiger partial charge in [-0.15, -0.1) is 5.10 Å². The molecule has 19 heavy (non-hydrogen) atoms. The molecule has 1 aromatic heterocycles. The zero-order valence-corrected chi connectivity index (χ0v) is 11.0. The second kappa shape index (κ2) is 7.31. The normalized spacial score (nSPS) is 10.2. The van der Waals surface area contributed by atoms with E-state index < -0.39 is 0 Å². The van der Waals surface area contributed by atoms with Crippen LogP contribution in [0.3, 0.4) is 0 Å². The number of carbonyl (C=O) groups excluding carboxylic acids is 2. The predicted molar refractivity (Wildman–Crippen MR) is 67.0 cm³/mol. The van der Waals surface area contributed by atoms with Crippen LogP contribution in [0.4, 0.5) is 5.95 Å². The lowest BCUT2D eigenvalue weighted by Gasteiger charge is -2.16. The first kappa shape index (κ1) is 14.9. The number of ether oxygens (including phenoxy) is 1. The maximum absolute atomic E-state index is 11.8. The number of aromatic nitrogens is 3. The lowest BCUT2D eigenvalue weighted by molar-refractivity contribution is -0.135. The van der Waals surface area contributed by atoms with Gasteiger partial charge >= 0.3 is 0 Å². The molecule has 1 aromatic rings. The molecule has 3 N–H and O–H groups in total. The molecule has 0 aliphatic heterocycles. The molecule has 0 atom stereocenters. The van der Waals surface area contributed by atoms with Gasteiger partial charge in [0.2, 0.25) is 17.8 Å². The molecular weight excluding hydrogens is 252 g/mol. The first-order valence-corrected chi connectivity index (χ1v) is 5.67. The second-order valence-corrected chi connectivity index (χ2v) is 3.89. The Balaban J connectivity index is 2.34. The maximum Gasteiger partial charge on any atom is 0.244 e. The van der Waals surface area contributed by atoms with Crippen molar-refractivity contribution in [2.75, 3.05) is 39.6 Å². The number of likely N-dealkylation sites (N-methyl/N-ethyl adjacent to an activating group) is 1. The van der Waals surface area contributed by atoms with E-state index in [1.807, 2.05) is 0 Å². The number of rotatable bonds is 7. The first-order chi connectivity index (χ1) is 9.02. The van der Waals surface area contributed by atoms with Gasteiger partial charge in [0.25, 0.3) is 0 Å². The van der Waals surface area contributed by atoms with Crippen molar-refractivity contribution in [2.24, 2.45) is 0 Å². The van der Waals surface area contributed by atoms with Crippen molar-refractivity contribution in [1.82, 2.24) is 25.0 Å². The van der Waals surface area contributed by atoms with Crippen LogP contribution < -0.4 is 11.1 Å². The molecule has 0 aliphatic carbocycles. The number of nitrogens with zero attached hydrogens (tertiary/aromatic N) is 4. The Morgan fingerprint density at radius 2 is 2.32 bits per heavy atom. The maximum atomic E-state index is 11.8. The summed E-state index contributed by atoms with van der Waals surface area (Å²) in [6, 6.07) is 0. The molecule has 0 saturated heterocycles. The third kappa shape index (κ3) is 5.34. The second-order valence-electron chi connectivity index (χ2n) is 3.89. The minimum atomic E-state index is -0.258. The number of nitrogens with one attached hydrogen (secondary N) is 1. The van der Waals surface area contributed by atoms with Crippen molar-refractivity contribution in [3.8, 4) is 0 Å². The van der Waals surface area contributed by atoms with E-state index in [1.54, 1.807) is 14.2 Å². The van der Waals surface area contributed by atoms with Crippen molar-refractivity contribution in [1.29, 1.82) is 0 Å². The summed E-state index contributed by atoms with van der Waals surface area (Å²) in [5, 5.41) is 6.42. The van der Waals surface area contributed by atoms with E-state index in [0.717, 1.165) is 0 Å². The number of amides is 2. The van der Waals surface area contributed by atoms with Gasteiger partial charge in [0.1, 0.15) is 12.9 Å². The number of carbonyl (C=O) groups is 2. The number of hydrogen-bond acceptors (Lipinski definition) is 6. The van der Waals surface area contributed by atoms with Crippen LogP contribution in [0.2, 0.25) is 0 Å². The summed E-state index contributed by atoms with van der Waals surface area (Å²) in [5.74, 6) is -0.398. The molecule has 9 nitrogen and oxygen atoms in total. The summed E-state index contributed by atoms with van der Waals surface area (Å²) in [5.41, 5.74) is 5.34. The molecular formula is C10H18N6O3. The molecule has 9 heteroatoms. The fraction of sp³-hybridized carbons (Fsp3) is 0.600. The Kier molecular flexibility index (Phi) is 5.73. The summed E-state index contributed by atoms with van der Waals surface area (Å²) in [6.07, 6.45) is 1.36. The lowest BCUT2D eigenvalue weighted by atomic mass is 10.4. The van der Waals surface area contributed by atoms with Crippen LogP contribution in [-0.4, -0.2) is 65.3 Å². The van der Waals surface area contributed by atoms with E-state index in [1.165, 1.54) is 15.9 Å². The highest BCUT2D eigenvalue weighted by Gasteiger charge is 2.13. The monoisotopic (exact) mass is 270 g/mol. The van der Waals surface area contributed by atoms with Crippen molar-refractivity contribution in [3.63, 3.8) is 0 Å². The molecule has 2 amide bonds. The average molecular weight is 270 g/mol. The van der Waals surface area contributed by atoms with Crippen molar-refractivity contribution < 1.29 is 14.3 Å². The van der Waals surface area contributed by atoms with Gasteiger partial charge < -0.3 is 20.7 Å². The van der Waals surface area contributed by atoms with Gasteiger partial charge in [0.05, 0.1) is 13.2 Å². The molecule has 106 valence electrons. The summed E-state index contributed by atoms with van der Waals surface area (Å²) < 4.78 is 6.12. The van der Waals surface area contributed by atoms with Gasteiger partial charge in [0.15, 0.2) is 0 Å². The largest absolute Gasteiger partial charge is 0.383 e. The Morgan fingerprint density at radius 1 is 1.58 bits per heavy atom. The fourth-order valence-electron chi connectivity index (χ4n) is 1.30. The fourth-order valence-corrected chi connectivity index (χ4v) is 1.30. The number of anilines is 1. The van der Waals surface area contributed by atoms with Gasteiger partial charge in [0, 0.05) is 20.7 Å². The van der Waals surface area contributed by atoms with E-state index >= 15 is 0 Å². The Bertz CT molecular complexity index is 433. The Morgan fingerprint density at radius 3 is 2.89 bits per heavy atom. The minimum absolute atomic E-state index is 0.00789. The molecule has 0 bridgehead atoms. The van der Waals surface area contributed by atoms with E-state index in [0.29, 0.717) is 13.2 Å². The quantitative estimate of drug-likeness (QED) is 0.558. The summed E-state index contributed by atoms with van der Waals surface area (Å²) in [6.45, 7) is 0.817. The van der Waals surface area contributed by atoms with Crippen molar-refractivity contribution in [2.45, 2.75) is 6.54 Å². The van der Waals surface area contributed by atoms with Gasteiger partial charge in [-0.1, -0.05) is 0 Å². The highest BCUT2D eigenvalue weighted by Crippen LogP contribution is 1.93. The smallest absolute Gasteiger partial charge is 0.244 e. The number of nitrogen functional groups attached to an aromatic ring is 1. The highest BCUT2D eigenvalue weighted by molar-refractivity contribution is 5.84. The van der Waals surface area contributed by atoms with Crippen LogP contribution >= 0.6 is 0 Å². The molecule has 0 radical (unpaired) electrons. The minimum Gasteiger partial charge on any atom is -0.383 e. The molecule has 1 heterocycles. The lowest BCUT2D eigenvalue weighted by Crippen LogP contribution is -2.40. The SMILES string of the molecule is COCCNC(=O)CN(C)C(=O)Cn1cnc(N)n1. The summed E-state index contributed by atoms with van der Waals surface area (Å²) in [7, 11) is 3.09. The highest BCUT2D eigenvalue weighted by atomic mass is 16.5. The van der Waals surface area contributed by atoms with E-state index in [-0.39, 0.29) is 30.9 Å². The van der Waals surface area contributed by atoms with Crippen LogP contribution in [0.5, 0.6) is 0 Å². The van der Waals surface area contributed by atoms with Crippen LogP contribution in [0.25, 0.3) is 0 Å². The molecule has 0 fully saturated rings. The molecule has 0 unspecified atom stereocenters. The van der Waals surface area contributed by atoms with Gasteiger partial charge in [-0.2, -0.15) is 0 Å². The van der Waals surface area contributed by atoms with Crippen LogP contribution in [0.1, 0.15) is 0 Å². The molecule has 0 saturated carbocycles. The topological polar surface area (TPSA) is 115 Å². The Labute approximate surface area is 110 Å². The van der Waals surface area contributed by atoms with Crippen LogP contribution in [0.15, 0.2) is 6.33 Å². The molecule has 0 spiro atoms. The third-order valence-electron chi connectivity index (χ3n) is 2.29. The van der Waals surface area contributed by atoms with Crippen molar-refractivity contribution in [3.05, 3.63) is 6.33 Å². The van der Waals surface area contributed by atoms with E-state index in [9.17, 15) is 9.59 Å².